The number of hydrogen-bond donors (Lipinski definition) is 3. The molecule has 3 rings (SSSR count). The maximum Gasteiger partial charge on any atom is 0.330 e. The monoisotopic (exact) mass is 514 g/mol. The Morgan fingerprint density at radius 1 is 1.12 bits per heavy atom. The molecule has 1 aromatic heterocycles. The highest BCUT2D eigenvalue weighted by Gasteiger charge is 2.23. The molecule has 0 saturated heterocycles. The molecule has 0 saturated carbocycles. The molecular weight excluding hydrogens is 492 g/mol. The van der Waals surface area contributed by atoms with Crippen LogP contribution in [0.4, 0.5) is 0 Å². The predicted octanol–water partition coefficient (Wildman–Crippen LogP) is 1.40. The summed E-state index contributed by atoms with van der Waals surface area (Å²) in [7, 11) is 2.96. The third-order valence-electron chi connectivity index (χ3n) is 5.30. The molecule has 0 aliphatic carbocycles. The van der Waals surface area contributed by atoms with Crippen LogP contribution in [0.3, 0.4) is 0 Å². The van der Waals surface area contributed by atoms with Crippen molar-refractivity contribution in [3.8, 4) is 11.1 Å². The average molecular weight is 515 g/mol. The first-order valence-electron chi connectivity index (χ1n) is 10.0. The first-order valence-corrected chi connectivity index (χ1v) is 10.8. The van der Waals surface area contributed by atoms with Gasteiger partial charge in [0.15, 0.2) is 0 Å². The Labute approximate surface area is 197 Å². The molecule has 10 heteroatoms. The van der Waals surface area contributed by atoms with Gasteiger partial charge < -0.3 is 20.7 Å². The van der Waals surface area contributed by atoms with Crippen LogP contribution in [-0.4, -0.2) is 32.2 Å². The Hall–Kier alpha value is -3.50. The molecule has 0 aliphatic heterocycles. The van der Waals surface area contributed by atoms with Gasteiger partial charge in [-0.05, 0) is 38.7 Å². The maximum absolute atomic E-state index is 12.8. The van der Waals surface area contributed by atoms with Gasteiger partial charge in [0.05, 0.1) is 11.1 Å². The first kappa shape index (κ1) is 24.1. The number of aromatic nitrogens is 2. The van der Waals surface area contributed by atoms with Crippen LogP contribution < -0.4 is 22.3 Å². The summed E-state index contributed by atoms with van der Waals surface area (Å²) in [5.74, 6) is -1.72. The van der Waals surface area contributed by atoms with Crippen molar-refractivity contribution in [1.82, 2.24) is 14.5 Å². The number of aliphatic carboxylic acids is 1. The minimum Gasteiger partial charge on any atom is -0.480 e. The van der Waals surface area contributed by atoms with Gasteiger partial charge in [-0.3, -0.25) is 14.2 Å². The lowest BCUT2D eigenvalue weighted by Gasteiger charge is -2.17. The van der Waals surface area contributed by atoms with E-state index in [0.717, 1.165) is 4.57 Å². The zero-order valence-corrected chi connectivity index (χ0v) is 19.6. The molecule has 4 N–H and O–H groups in total. The summed E-state index contributed by atoms with van der Waals surface area (Å²) < 4.78 is 2.87. The van der Waals surface area contributed by atoms with Crippen molar-refractivity contribution >= 4 is 27.8 Å². The zero-order valence-electron chi connectivity index (χ0n) is 18.0. The van der Waals surface area contributed by atoms with Crippen molar-refractivity contribution in [3.05, 3.63) is 90.7 Å². The second-order valence-electron chi connectivity index (χ2n) is 7.54. The van der Waals surface area contributed by atoms with Crippen LogP contribution in [-0.2, 0) is 31.9 Å². The van der Waals surface area contributed by atoms with E-state index in [2.05, 4.69) is 21.2 Å². The van der Waals surface area contributed by atoms with Gasteiger partial charge in [-0.1, -0.05) is 36.4 Å². The molecule has 0 aliphatic rings. The van der Waals surface area contributed by atoms with Gasteiger partial charge in [0.25, 0.3) is 11.5 Å². The SMILES string of the molecule is Cn1cc(-c2ccc(C[C@H](NC(=O)c3c(Br)cccc3CN)C(=O)O)cc2)c(=O)n(C)c1=O. The van der Waals surface area contributed by atoms with E-state index in [1.54, 1.807) is 49.5 Å². The molecule has 0 bridgehead atoms. The van der Waals surface area contributed by atoms with Gasteiger partial charge in [0.1, 0.15) is 6.04 Å². The molecule has 1 atom stereocenters. The molecule has 0 radical (unpaired) electrons. The van der Waals surface area contributed by atoms with Gasteiger partial charge in [0.2, 0.25) is 0 Å². The van der Waals surface area contributed by atoms with E-state index in [0.29, 0.717) is 32.3 Å². The number of aryl methyl sites for hydroxylation is 1. The van der Waals surface area contributed by atoms with Crippen molar-refractivity contribution < 1.29 is 14.7 Å². The third kappa shape index (κ3) is 5.12. The Bertz CT molecular complexity index is 1330. The molecular formula is C23H23BrN4O5. The van der Waals surface area contributed by atoms with Gasteiger partial charge in [-0.25, -0.2) is 9.59 Å². The van der Waals surface area contributed by atoms with Crippen LogP contribution in [0.5, 0.6) is 0 Å². The molecule has 2 aromatic carbocycles. The number of amides is 1. The summed E-state index contributed by atoms with van der Waals surface area (Å²) in [4.78, 5) is 48.9. The number of carbonyl (C=O) groups excluding carboxylic acids is 1. The number of carbonyl (C=O) groups is 2. The lowest BCUT2D eigenvalue weighted by atomic mass is 10.0. The number of nitrogens with zero attached hydrogens (tertiary/aromatic N) is 2. The number of hydrogen-bond acceptors (Lipinski definition) is 5. The van der Waals surface area contributed by atoms with Crippen LogP contribution in [0.1, 0.15) is 21.5 Å². The number of carboxylic acids is 1. The average Bonchev–Trinajstić information content (AvgIpc) is 2.79. The number of halogens is 1. The van der Waals surface area contributed by atoms with Crippen LogP contribution in [0.15, 0.2) is 62.7 Å². The van der Waals surface area contributed by atoms with E-state index < -0.39 is 29.2 Å². The highest BCUT2D eigenvalue weighted by molar-refractivity contribution is 9.10. The van der Waals surface area contributed by atoms with Gasteiger partial charge in [-0.15, -0.1) is 0 Å². The fraction of sp³-hybridized carbons (Fsp3) is 0.217. The van der Waals surface area contributed by atoms with Crippen molar-refractivity contribution in [2.45, 2.75) is 19.0 Å². The Morgan fingerprint density at radius 3 is 2.39 bits per heavy atom. The van der Waals surface area contributed by atoms with Crippen molar-refractivity contribution in [3.63, 3.8) is 0 Å². The second-order valence-corrected chi connectivity index (χ2v) is 8.40. The lowest BCUT2D eigenvalue weighted by Crippen LogP contribution is -2.42. The number of nitrogens with one attached hydrogen (secondary N) is 1. The fourth-order valence-electron chi connectivity index (χ4n) is 3.49. The highest BCUT2D eigenvalue weighted by atomic mass is 79.9. The number of benzene rings is 2. The molecule has 0 unspecified atom stereocenters. The van der Waals surface area contributed by atoms with Crippen LogP contribution >= 0.6 is 15.9 Å². The van der Waals surface area contributed by atoms with Gasteiger partial charge >= 0.3 is 11.7 Å². The maximum atomic E-state index is 12.8. The summed E-state index contributed by atoms with van der Waals surface area (Å²) in [6.45, 7) is 0.131. The minimum atomic E-state index is -1.18. The molecule has 172 valence electrons. The number of nitrogens with two attached hydrogens (primary N) is 1. The van der Waals surface area contributed by atoms with E-state index in [1.165, 1.54) is 17.8 Å². The molecule has 1 heterocycles. The van der Waals surface area contributed by atoms with Gasteiger partial charge in [0, 0.05) is 37.7 Å². The summed E-state index contributed by atoms with van der Waals surface area (Å²) in [5.41, 5.74) is 7.34. The second kappa shape index (κ2) is 9.97. The smallest absolute Gasteiger partial charge is 0.330 e. The van der Waals surface area contributed by atoms with E-state index in [9.17, 15) is 24.3 Å². The molecule has 3 aromatic rings. The number of carboxylic acid groups (broad SMARTS) is 1. The Morgan fingerprint density at radius 2 is 1.79 bits per heavy atom. The molecule has 0 fully saturated rings. The largest absolute Gasteiger partial charge is 0.480 e. The molecule has 0 spiro atoms. The normalized spacial score (nSPS) is 11.8. The fourth-order valence-corrected chi connectivity index (χ4v) is 4.07. The van der Waals surface area contributed by atoms with E-state index >= 15 is 0 Å². The van der Waals surface area contributed by atoms with E-state index in [4.69, 9.17) is 5.73 Å². The van der Waals surface area contributed by atoms with Gasteiger partial charge in [-0.2, -0.15) is 0 Å². The van der Waals surface area contributed by atoms with E-state index in [-0.39, 0.29) is 13.0 Å². The summed E-state index contributed by atoms with van der Waals surface area (Å²) in [6.07, 6.45) is 1.50. The number of rotatable bonds is 7. The van der Waals surface area contributed by atoms with Crippen LogP contribution in [0.2, 0.25) is 0 Å². The standard InChI is InChI=1S/C23H23BrN4O5/c1-27-12-16(21(30)28(2)23(27)33)14-8-6-13(7-9-14)10-18(22(31)32)26-20(29)19-15(11-25)4-3-5-17(19)24/h3-9,12,18H,10-11,25H2,1-2H3,(H,26,29)(H,31,32)/t18-/m0/s1. The van der Waals surface area contributed by atoms with Crippen LogP contribution in [0.25, 0.3) is 11.1 Å². The Balaban J connectivity index is 1.83. The molecule has 33 heavy (non-hydrogen) atoms. The minimum absolute atomic E-state index is 0.0368. The topological polar surface area (TPSA) is 136 Å². The van der Waals surface area contributed by atoms with Crippen molar-refractivity contribution in [2.24, 2.45) is 19.8 Å². The van der Waals surface area contributed by atoms with Crippen molar-refractivity contribution in [1.29, 1.82) is 0 Å². The van der Waals surface area contributed by atoms with E-state index in [1.807, 2.05) is 0 Å². The first-order chi connectivity index (χ1) is 15.6. The quantitative estimate of drug-likeness (QED) is 0.435. The molecule has 1 amide bonds. The Kier molecular flexibility index (Phi) is 7.29. The van der Waals surface area contributed by atoms with Crippen molar-refractivity contribution in [2.75, 3.05) is 0 Å². The zero-order chi connectivity index (χ0) is 24.3. The summed E-state index contributed by atoms with van der Waals surface area (Å²) in [6, 6.07) is 10.7. The predicted molar refractivity (Wildman–Crippen MR) is 127 cm³/mol. The highest BCUT2D eigenvalue weighted by Crippen LogP contribution is 2.21. The molecule has 9 nitrogen and oxygen atoms in total. The third-order valence-corrected chi connectivity index (χ3v) is 5.96. The summed E-state index contributed by atoms with van der Waals surface area (Å²) in [5, 5.41) is 12.2. The van der Waals surface area contributed by atoms with Crippen LogP contribution in [0, 0.1) is 0 Å². The lowest BCUT2D eigenvalue weighted by molar-refractivity contribution is -0.139. The summed E-state index contributed by atoms with van der Waals surface area (Å²) >= 11 is 3.32.